The van der Waals surface area contributed by atoms with Crippen molar-refractivity contribution < 1.29 is 40.7 Å². The van der Waals surface area contributed by atoms with Crippen LogP contribution in [0.25, 0.3) is 0 Å². The molecule has 2 N–H and O–H groups in total. The first-order valence-electron chi connectivity index (χ1n) is 7.41. The van der Waals surface area contributed by atoms with E-state index in [0.717, 1.165) is 6.07 Å². The second-order valence-corrected chi connectivity index (χ2v) is 5.03. The first kappa shape index (κ1) is 21.6. The fraction of sp³-hybridized carbons (Fsp3) is 0.467. The predicted octanol–water partition coefficient (Wildman–Crippen LogP) is 4.21. The third kappa shape index (κ3) is 5.53. The third-order valence-electron chi connectivity index (χ3n) is 3.11. The lowest BCUT2D eigenvalue weighted by atomic mass is 9.95. The van der Waals surface area contributed by atoms with E-state index in [1.165, 1.54) is 6.92 Å². The van der Waals surface area contributed by atoms with Crippen LogP contribution < -0.4 is 10.6 Å². The highest BCUT2D eigenvalue weighted by atomic mass is 19.4. The average molecular weight is 386 g/mol. The molecule has 1 rings (SSSR count). The van der Waals surface area contributed by atoms with Crippen molar-refractivity contribution in [1.82, 2.24) is 5.32 Å². The van der Waals surface area contributed by atoms with Gasteiger partial charge in [0.15, 0.2) is 5.92 Å². The first-order chi connectivity index (χ1) is 11.9. The summed E-state index contributed by atoms with van der Waals surface area (Å²) in [7, 11) is 0. The Bertz CT molecular complexity index is 644. The quantitative estimate of drug-likeness (QED) is 0.588. The topological polar surface area (TPSA) is 67.4 Å². The molecule has 0 radical (unpaired) electrons. The van der Waals surface area contributed by atoms with Gasteiger partial charge in [-0.15, -0.1) is 0 Å². The molecule has 2 amide bonds. The zero-order valence-electron chi connectivity index (χ0n) is 13.7. The van der Waals surface area contributed by atoms with Crippen LogP contribution in [-0.4, -0.2) is 37.5 Å². The summed E-state index contributed by atoms with van der Waals surface area (Å²) < 4.78 is 81.9. The van der Waals surface area contributed by atoms with Gasteiger partial charge in [0, 0.05) is 6.54 Å². The van der Waals surface area contributed by atoms with Crippen LogP contribution in [0.4, 0.5) is 36.8 Å². The number of nitrogens with one attached hydrogen (secondary N) is 2. The van der Waals surface area contributed by atoms with Crippen molar-refractivity contribution in [1.29, 1.82) is 0 Å². The van der Waals surface area contributed by atoms with Crippen molar-refractivity contribution in [3.63, 3.8) is 0 Å². The molecule has 5 nitrogen and oxygen atoms in total. The van der Waals surface area contributed by atoms with Crippen LogP contribution in [0.3, 0.4) is 0 Å². The fourth-order valence-electron chi connectivity index (χ4n) is 2.12. The Labute approximate surface area is 144 Å². The Morgan fingerprint density at radius 1 is 1.08 bits per heavy atom. The van der Waals surface area contributed by atoms with Crippen LogP contribution in [0, 0.1) is 0 Å². The molecule has 0 spiro atoms. The molecule has 0 unspecified atom stereocenters. The molecule has 1 aromatic carbocycles. The number of hydrogen-bond donors (Lipinski definition) is 2. The molecular weight excluding hydrogens is 370 g/mol. The van der Waals surface area contributed by atoms with E-state index < -0.39 is 41.4 Å². The Morgan fingerprint density at radius 2 is 1.65 bits per heavy atom. The highest BCUT2D eigenvalue weighted by Gasteiger charge is 2.57. The average Bonchev–Trinajstić information content (AvgIpc) is 2.46. The number of halogens is 6. The maximum Gasteiger partial charge on any atom is 0.404 e. The normalized spacial score (nSPS) is 12.0. The molecule has 0 fully saturated rings. The van der Waals surface area contributed by atoms with Gasteiger partial charge in [-0.05, 0) is 31.5 Å². The molecule has 146 valence electrons. The minimum atomic E-state index is -5.61. The zero-order chi connectivity index (χ0) is 20.1. The van der Waals surface area contributed by atoms with Gasteiger partial charge in [0.05, 0.1) is 17.9 Å². The Hall–Kier alpha value is -2.46. The minimum absolute atomic E-state index is 0.161. The molecule has 0 saturated heterocycles. The van der Waals surface area contributed by atoms with E-state index in [1.54, 1.807) is 6.92 Å². The molecule has 0 saturated carbocycles. The molecule has 0 aromatic heterocycles. The number of esters is 1. The van der Waals surface area contributed by atoms with Gasteiger partial charge in [-0.3, -0.25) is 0 Å². The van der Waals surface area contributed by atoms with Crippen LogP contribution in [0.15, 0.2) is 18.2 Å². The van der Waals surface area contributed by atoms with Gasteiger partial charge in [0.1, 0.15) is 0 Å². The van der Waals surface area contributed by atoms with Gasteiger partial charge in [-0.1, -0.05) is 6.07 Å². The van der Waals surface area contributed by atoms with Crippen LogP contribution in [-0.2, 0) is 4.74 Å². The second-order valence-electron chi connectivity index (χ2n) is 5.03. The van der Waals surface area contributed by atoms with E-state index in [1.807, 2.05) is 0 Å². The number of benzene rings is 1. The smallest absolute Gasteiger partial charge is 0.404 e. The number of alkyl halides is 6. The molecule has 0 atom stereocenters. The Kier molecular flexibility index (Phi) is 6.87. The van der Waals surface area contributed by atoms with E-state index in [9.17, 15) is 35.9 Å². The molecular formula is C15H16F6N2O3. The zero-order valence-corrected chi connectivity index (χ0v) is 13.7. The number of hydrogen-bond acceptors (Lipinski definition) is 3. The Balaban J connectivity index is 3.42. The fourth-order valence-corrected chi connectivity index (χ4v) is 2.12. The first-order valence-corrected chi connectivity index (χ1v) is 7.41. The van der Waals surface area contributed by atoms with E-state index in [2.05, 4.69) is 15.4 Å². The number of anilines is 1. The van der Waals surface area contributed by atoms with E-state index in [4.69, 9.17) is 0 Å². The van der Waals surface area contributed by atoms with Gasteiger partial charge >= 0.3 is 24.4 Å². The standard InChI is InChI=1S/C15H16F6N2O3/c1-3-22-13(25)23-10-6-5-8(7-9(10)12(24)26-4-2)11(14(16,17)18)15(19,20)21/h5-7,11H,3-4H2,1-2H3,(H2,22,23,25). The highest BCUT2D eigenvalue weighted by Crippen LogP contribution is 2.46. The number of rotatable bonds is 5. The number of carbonyl (C=O) groups is 2. The second kappa shape index (κ2) is 8.28. The Morgan fingerprint density at radius 3 is 2.12 bits per heavy atom. The van der Waals surface area contributed by atoms with Crippen LogP contribution in [0.2, 0.25) is 0 Å². The van der Waals surface area contributed by atoms with Crippen molar-refractivity contribution in [2.24, 2.45) is 0 Å². The molecule has 0 aliphatic rings. The third-order valence-corrected chi connectivity index (χ3v) is 3.11. The summed E-state index contributed by atoms with van der Waals surface area (Å²) in [6.07, 6.45) is -11.2. The molecule has 11 heteroatoms. The minimum Gasteiger partial charge on any atom is -0.462 e. The lowest BCUT2D eigenvalue weighted by Gasteiger charge is -2.24. The lowest BCUT2D eigenvalue weighted by Crippen LogP contribution is -2.34. The van der Waals surface area contributed by atoms with E-state index in [-0.39, 0.29) is 18.8 Å². The summed E-state index contributed by atoms with van der Waals surface area (Å²) in [6, 6.07) is 0.983. The maximum atomic E-state index is 12.9. The highest BCUT2D eigenvalue weighted by molar-refractivity contribution is 6.01. The van der Waals surface area contributed by atoms with Crippen molar-refractivity contribution in [2.45, 2.75) is 32.1 Å². The molecule has 26 heavy (non-hydrogen) atoms. The van der Waals surface area contributed by atoms with Crippen molar-refractivity contribution >= 4 is 17.7 Å². The van der Waals surface area contributed by atoms with Crippen molar-refractivity contribution in [2.75, 3.05) is 18.5 Å². The maximum absolute atomic E-state index is 12.9. The molecule has 0 aliphatic heterocycles. The predicted molar refractivity (Wildman–Crippen MR) is 79.9 cm³/mol. The SMILES string of the molecule is CCNC(=O)Nc1ccc(C(C(F)(F)F)C(F)(F)F)cc1C(=O)OCC. The van der Waals surface area contributed by atoms with Gasteiger partial charge in [-0.2, -0.15) is 26.3 Å². The monoisotopic (exact) mass is 386 g/mol. The number of amides is 2. The van der Waals surface area contributed by atoms with Crippen LogP contribution in [0.1, 0.15) is 35.7 Å². The van der Waals surface area contributed by atoms with Crippen LogP contribution >= 0.6 is 0 Å². The molecule has 0 bridgehead atoms. The largest absolute Gasteiger partial charge is 0.462 e. The van der Waals surface area contributed by atoms with Crippen LogP contribution in [0.5, 0.6) is 0 Å². The number of carbonyl (C=O) groups excluding carboxylic acids is 2. The van der Waals surface area contributed by atoms with Gasteiger partial charge in [-0.25, -0.2) is 9.59 Å². The molecule has 1 aromatic rings. The summed E-state index contributed by atoms with van der Waals surface area (Å²) >= 11 is 0. The van der Waals surface area contributed by atoms with Gasteiger partial charge < -0.3 is 15.4 Å². The van der Waals surface area contributed by atoms with Crippen molar-refractivity contribution in [3.05, 3.63) is 29.3 Å². The summed E-state index contributed by atoms with van der Waals surface area (Å²) in [6.45, 7) is 3.05. The molecule has 0 aliphatic carbocycles. The van der Waals surface area contributed by atoms with E-state index >= 15 is 0 Å². The van der Waals surface area contributed by atoms with E-state index in [0.29, 0.717) is 12.1 Å². The molecule has 0 heterocycles. The number of urea groups is 1. The summed E-state index contributed by atoms with van der Waals surface area (Å²) in [5.41, 5.74) is -2.08. The van der Waals surface area contributed by atoms with Gasteiger partial charge in [0.2, 0.25) is 0 Å². The summed E-state index contributed by atoms with van der Waals surface area (Å²) in [5.74, 6) is -4.94. The summed E-state index contributed by atoms with van der Waals surface area (Å²) in [5, 5.41) is 4.50. The number of ether oxygens (including phenoxy) is 1. The lowest BCUT2D eigenvalue weighted by molar-refractivity contribution is -0.253. The van der Waals surface area contributed by atoms with Gasteiger partial charge in [0.25, 0.3) is 0 Å². The van der Waals surface area contributed by atoms with Crippen molar-refractivity contribution in [3.8, 4) is 0 Å². The summed E-state index contributed by atoms with van der Waals surface area (Å²) in [4.78, 5) is 23.5.